The van der Waals surface area contributed by atoms with E-state index in [2.05, 4.69) is 108 Å². The van der Waals surface area contributed by atoms with Crippen molar-refractivity contribution in [3.05, 3.63) is 170 Å². The third-order valence-corrected chi connectivity index (χ3v) is 9.47. The molecule has 0 unspecified atom stereocenters. The van der Waals surface area contributed by atoms with Crippen LogP contribution in [0.15, 0.2) is 174 Å². The molecule has 0 amide bonds. The minimum Gasteiger partial charge on any atom is -0.456 e. The Bertz CT molecular complexity index is 2800. The Morgan fingerprint density at radius 2 is 1.00 bits per heavy atom. The summed E-state index contributed by atoms with van der Waals surface area (Å²) in [4.78, 5) is 15.3. The van der Waals surface area contributed by atoms with Crippen molar-refractivity contribution in [2.75, 3.05) is 0 Å². The number of furan rings is 1. The van der Waals surface area contributed by atoms with Crippen molar-refractivity contribution in [3.8, 4) is 51.0 Å². The van der Waals surface area contributed by atoms with Crippen molar-refractivity contribution >= 4 is 43.7 Å². The SMILES string of the molecule is c1ccc(-c2nc(-c3ccccc3)nc(-n3c4ccccc4c4cccc(-c5ccc6oc7cccc(-c8ccccc8)c7c6c5)c43)n2)cc1. The van der Waals surface area contributed by atoms with E-state index in [1.807, 2.05) is 66.7 Å². The standard InChI is InChI=1S/C45H28N4O/c1-4-14-29(15-5-1)33-21-13-25-40-41(33)37-28-32(26-27-39(37)50-40)34-22-12-23-36-35-20-10-11-24-38(35)49(42(34)36)45-47-43(30-16-6-2-7-17-30)46-44(48-45)31-18-8-3-9-19-31/h1-28H. The van der Waals surface area contributed by atoms with Crippen molar-refractivity contribution < 1.29 is 4.42 Å². The van der Waals surface area contributed by atoms with Crippen LogP contribution in [0.2, 0.25) is 0 Å². The number of hydrogen-bond acceptors (Lipinski definition) is 4. The van der Waals surface area contributed by atoms with Crippen LogP contribution < -0.4 is 0 Å². The van der Waals surface area contributed by atoms with E-state index in [1.165, 1.54) is 0 Å². The van der Waals surface area contributed by atoms with Gasteiger partial charge in [0.2, 0.25) is 5.95 Å². The summed E-state index contributed by atoms with van der Waals surface area (Å²) in [6.07, 6.45) is 0. The monoisotopic (exact) mass is 640 g/mol. The van der Waals surface area contributed by atoms with Gasteiger partial charge in [0.25, 0.3) is 0 Å². The van der Waals surface area contributed by atoms with E-state index < -0.39 is 0 Å². The molecule has 0 saturated carbocycles. The summed E-state index contributed by atoms with van der Waals surface area (Å²) in [6, 6.07) is 58.5. The molecule has 0 N–H and O–H groups in total. The van der Waals surface area contributed by atoms with Crippen molar-refractivity contribution in [1.82, 2.24) is 19.5 Å². The topological polar surface area (TPSA) is 56.7 Å². The van der Waals surface area contributed by atoms with Gasteiger partial charge < -0.3 is 4.42 Å². The molecule has 0 spiro atoms. The van der Waals surface area contributed by atoms with Gasteiger partial charge in [0.15, 0.2) is 11.6 Å². The molecule has 0 atom stereocenters. The van der Waals surface area contributed by atoms with Gasteiger partial charge in [-0.3, -0.25) is 4.57 Å². The predicted molar refractivity (Wildman–Crippen MR) is 203 cm³/mol. The lowest BCUT2D eigenvalue weighted by Gasteiger charge is -2.13. The molecule has 50 heavy (non-hydrogen) atoms. The summed E-state index contributed by atoms with van der Waals surface area (Å²) < 4.78 is 8.61. The molecule has 3 aromatic heterocycles. The Labute approximate surface area is 287 Å². The zero-order valence-corrected chi connectivity index (χ0v) is 26.9. The Balaban J connectivity index is 1.26. The van der Waals surface area contributed by atoms with E-state index in [9.17, 15) is 0 Å². The van der Waals surface area contributed by atoms with Gasteiger partial charge in [0.05, 0.1) is 11.0 Å². The highest BCUT2D eigenvalue weighted by atomic mass is 16.3. The second kappa shape index (κ2) is 11.4. The molecule has 0 aliphatic rings. The first kappa shape index (κ1) is 28.2. The Hall–Kier alpha value is -6.85. The average Bonchev–Trinajstić information content (AvgIpc) is 3.74. The fourth-order valence-electron chi connectivity index (χ4n) is 7.21. The van der Waals surface area contributed by atoms with Crippen LogP contribution in [0.1, 0.15) is 0 Å². The number of benzene rings is 7. The molecule has 7 aromatic carbocycles. The van der Waals surface area contributed by atoms with E-state index in [-0.39, 0.29) is 0 Å². The zero-order valence-electron chi connectivity index (χ0n) is 26.9. The van der Waals surface area contributed by atoms with Crippen LogP contribution in [0.4, 0.5) is 0 Å². The Morgan fingerprint density at radius 1 is 0.400 bits per heavy atom. The first-order valence-electron chi connectivity index (χ1n) is 16.7. The van der Waals surface area contributed by atoms with Crippen LogP contribution in [0.3, 0.4) is 0 Å². The highest BCUT2D eigenvalue weighted by molar-refractivity contribution is 6.16. The van der Waals surface area contributed by atoms with Crippen LogP contribution in [0.25, 0.3) is 94.7 Å². The quantitative estimate of drug-likeness (QED) is 0.188. The Kier molecular flexibility index (Phi) is 6.42. The first-order chi connectivity index (χ1) is 24.8. The van der Waals surface area contributed by atoms with Gasteiger partial charge in [-0.2, -0.15) is 9.97 Å². The molecule has 10 aromatic rings. The van der Waals surface area contributed by atoms with Crippen LogP contribution in [0.5, 0.6) is 0 Å². The van der Waals surface area contributed by atoms with Gasteiger partial charge in [0.1, 0.15) is 11.2 Å². The summed E-state index contributed by atoms with van der Waals surface area (Å²) >= 11 is 0. The van der Waals surface area contributed by atoms with Crippen LogP contribution >= 0.6 is 0 Å². The third-order valence-electron chi connectivity index (χ3n) is 9.47. The third kappa shape index (κ3) is 4.52. The molecule has 10 rings (SSSR count). The summed E-state index contributed by atoms with van der Waals surface area (Å²) in [5, 5.41) is 4.45. The van der Waals surface area contributed by atoms with Crippen LogP contribution in [-0.4, -0.2) is 19.5 Å². The van der Waals surface area contributed by atoms with E-state index in [1.54, 1.807) is 0 Å². The van der Waals surface area contributed by atoms with E-state index in [4.69, 9.17) is 19.4 Å². The van der Waals surface area contributed by atoms with Crippen molar-refractivity contribution in [2.24, 2.45) is 0 Å². The van der Waals surface area contributed by atoms with Crippen LogP contribution in [-0.2, 0) is 0 Å². The maximum absolute atomic E-state index is 6.41. The molecule has 0 aliphatic carbocycles. The Morgan fingerprint density at radius 3 is 1.72 bits per heavy atom. The molecule has 0 aliphatic heterocycles. The van der Waals surface area contributed by atoms with Gasteiger partial charge in [-0.15, -0.1) is 0 Å². The zero-order chi connectivity index (χ0) is 33.0. The van der Waals surface area contributed by atoms with E-state index in [0.29, 0.717) is 17.6 Å². The van der Waals surface area contributed by atoms with Gasteiger partial charge >= 0.3 is 0 Å². The van der Waals surface area contributed by atoms with Gasteiger partial charge in [-0.1, -0.05) is 146 Å². The lowest BCUT2D eigenvalue weighted by Crippen LogP contribution is -2.06. The normalized spacial score (nSPS) is 11.6. The van der Waals surface area contributed by atoms with Crippen molar-refractivity contribution in [3.63, 3.8) is 0 Å². The second-order valence-electron chi connectivity index (χ2n) is 12.4. The van der Waals surface area contributed by atoms with Crippen molar-refractivity contribution in [1.29, 1.82) is 0 Å². The van der Waals surface area contributed by atoms with Crippen molar-refractivity contribution in [2.45, 2.75) is 0 Å². The van der Waals surface area contributed by atoms with E-state index in [0.717, 1.165) is 77.1 Å². The lowest BCUT2D eigenvalue weighted by atomic mass is 9.96. The van der Waals surface area contributed by atoms with Gasteiger partial charge in [-0.05, 0) is 41.0 Å². The number of rotatable bonds is 5. The highest BCUT2D eigenvalue weighted by Gasteiger charge is 2.21. The number of fused-ring (bicyclic) bond motifs is 6. The summed E-state index contributed by atoms with van der Waals surface area (Å²) in [5.74, 6) is 1.81. The smallest absolute Gasteiger partial charge is 0.238 e. The predicted octanol–water partition coefficient (Wildman–Crippen LogP) is 11.5. The number of nitrogens with zero attached hydrogens (tertiary/aromatic N) is 4. The first-order valence-corrected chi connectivity index (χ1v) is 16.7. The van der Waals surface area contributed by atoms with Gasteiger partial charge in [0, 0.05) is 38.2 Å². The summed E-state index contributed by atoms with van der Waals surface area (Å²) in [7, 11) is 0. The fourth-order valence-corrected chi connectivity index (χ4v) is 7.21. The largest absolute Gasteiger partial charge is 0.456 e. The summed E-state index contributed by atoms with van der Waals surface area (Å²) in [6.45, 7) is 0. The second-order valence-corrected chi connectivity index (χ2v) is 12.4. The molecule has 0 saturated heterocycles. The maximum Gasteiger partial charge on any atom is 0.238 e. The molecular formula is C45H28N4O. The van der Waals surface area contributed by atoms with Gasteiger partial charge in [-0.25, -0.2) is 4.98 Å². The number of hydrogen-bond donors (Lipinski definition) is 0. The highest BCUT2D eigenvalue weighted by Crippen LogP contribution is 2.42. The lowest BCUT2D eigenvalue weighted by molar-refractivity contribution is 0.669. The molecule has 0 radical (unpaired) electrons. The fraction of sp³-hybridized carbons (Fsp3) is 0. The molecule has 5 heteroatoms. The maximum atomic E-state index is 6.41. The minimum absolute atomic E-state index is 0.567. The molecular weight excluding hydrogens is 613 g/mol. The molecule has 234 valence electrons. The average molecular weight is 641 g/mol. The number of aromatic nitrogens is 4. The van der Waals surface area contributed by atoms with Crippen LogP contribution in [0, 0.1) is 0 Å². The number of para-hydroxylation sites is 2. The minimum atomic E-state index is 0.567. The molecule has 0 bridgehead atoms. The molecule has 5 nitrogen and oxygen atoms in total. The molecule has 3 heterocycles. The molecule has 0 fully saturated rings. The summed E-state index contributed by atoms with van der Waals surface area (Å²) in [5.41, 5.74) is 10.1. The van der Waals surface area contributed by atoms with E-state index >= 15 is 0 Å².